The van der Waals surface area contributed by atoms with Crippen molar-refractivity contribution in [3.63, 3.8) is 0 Å². The van der Waals surface area contributed by atoms with Crippen LogP contribution in [0.5, 0.6) is 5.75 Å². The first-order chi connectivity index (χ1) is 22.7. The number of hydrogen-bond donors (Lipinski definition) is 2. The lowest BCUT2D eigenvalue weighted by molar-refractivity contribution is -0.123. The third-order valence-corrected chi connectivity index (χ3v) is 9.70. The highest BCUT2D eigenvalue weighted by Crippen LogP contribution is 2.39. The van der Waals surface area contributed by atoms with E-state index < -0.39 is 6.09 Å². The van der Waals surface area contributed by atoms with Gasteiger partial charge in [-0.1, -0.05) is 45.2 Å². The van der Waals surface area contributed by atoms with Crippen LogP contribution in [0.4, 0.5) is 10.6 Å². The van der Waals surface area contributed by atoms with Gasteiger partial charge in [-0.25, -0.2) is 14.8 Å². The molecule has 2 amide bonds. The zero-order valence-electron chi connectivity index (χ0n) is 28.2. The van der Waals surface area contributed by atoms with E-state index in [1.807, 2.05) is 17.0 Å². The second-order valence-corrected chi connectivity index (χ2v) is 13.5. The van der Waals surface area contributed by atoms with Crippen molar-refractivity contribution in [3.05, 3.63) is 59.8 Å². The Balaban J connectivity index is 0.000000508. The lowest BCUT2D eigenvalue weighted by Crippen LogP contribution is -2.48. The van der Waals surface area contributed by atoms with Gasteiger partial charge in [0.05, 0.1) is 26.4 Å². The normalized spacial score (nSPS) is 20.1. The van der Waals surface area contributed by atoms with Crippen molar-refractivity contribution in [3.8, 4) is 17.0 Å². The first-order valence-electron chi connectivity index (χ1n) is 17.2. The van der Waals surface area contributed by atoms with E-state index in [0.29, 0.717) is 25.0 Å². The highest BCUT2D eigenvalue weighted by molar-refractivity contribution is 5.94. The fourth-order valence-corrected chi connectivity index (χ4v) is 6.86. The van der Waals surface area contributed by atoms with Crippen molar-refractivity contribution in [2.75, 3.05) is 31.8 Å². The molecule has 1 saturated heterocycles. The van der Waals surface area contributed by atoms with Crippen LogP contribution in [0.3, 0.4) is 0 Å². The summed E-state index contributed by atoms with van der Waals surface area (Å²) in [7, 11) is 1.73. The number of nitrogens with one attached hydrogen (secondary N) is 1. The van der Waals surface area contributed by atoms with Gasteiger partial charge >= 0.3 is 6.09 Å². The Hall–Kier alpha value is -3.92. The van der Waals surface area contributed by atoms with Gasteiger partial charge in [0.25, 0.3) is 0 Å². The second-order valence-electron chi connectivity index (χ2n) is 13.5. The number of aromatic nitrogens is 2. The zero-order valence-corrected chi connectivity index (χ0v) is 28.2. The molecule has 256 valence electrons. The Bertz CT molecular complexity index is 1480. The van der Waals surface area contributed by atoms with Crippen molar-refractivity contribution in [2.24, 2.45) is 11.8 Å². The summed E-state index contributed by atoms with van der Waals surface area (Å²) in [6.45, 7) is 8.03. The minimum Gasteiger partial charge on any atom is -0.496 e. The van der Waals surface area contributed by atoms with Gasteiger partial charge in [-0.2, -0.15) is 0 Å². The minimum atomic E-state index is -0.974. The number of benzene rings is 1. The van der Waals surface area contributed by atoms with Crippen LogP contribution in [-0.2, 0) is 9.53 Å². The monoisotopic (exact) mass is 648 g/mol. The fraction of sp³-hybridized carbons (Fsp3) is 0.568. The summed E-state index contributed by atoms with van der Waals surface area (Å²) in [5.74, 6) is 4.02. The average Bonchev–Trinajstić information content (AvgIpc) is 3.57. The number of hydrogen-bond acceptors (Lipinski definition) is 7. The maximum Gasteiger partial charge on any atom is 0.405 e. The fourth-order valence-electron chi connectivity index (χ4n) is 6.86. The molecular weight excluding hydrogens is 596 g/mol. The first-order valence-corrected chi connectivity index (χ1v) is 17.2. The molecule has 0 bridgehead atoms. The molecule has 3 aliphatic rings. The van der Waals surface area contributed by atoms with Crippen molar-refractivity contribution in [1.29, 1.82) is 0 Å². The van der Waals surface area contributed by atoms with Gasteiger partial charge in [0.1, 0.15) is 23.5 Å². The van der Waals surface area contributed by atoms with Crippen LogP contribution in [0, 0.1) is 18.8 Å². The van der Waals surface area contributed by atoms with E-state index in [0.717, 1.165) is 86.6 Å². The number of carboxylic acid groups (broad SMARTS) is 1. The molecule has 0 atom stereocenters. The number of anilines is 1. The number of methoxy groups -OCH3 is 1. The number of amides is 2. The van der Waals surface area contributed by atoms with Crippen LogP contribution in [0.2, 0.25) is 0 Å². The van der Waals surface area contributed by atoms with Gasteiger partial charge in [0.15, 0.2) is 5.89 Å². The molecule has 2 N–H and O–H groups in total. The summed E-state index contributed by atoms with van der Waals surface area (Å²) < 4.78 is 15.9. The largest absolute Gasteiger partial charge is 0.496 e. The van der Waals surface area contributed by atoms with Gasteiger partial charge in [-0.05, 0) is 86.6 Å². The Morgan fingerprint density at radius 3 is 2.38 bits per heavy atom. The summed E-state index contributed by atoms with van der Waals surface area (Å²) in [5, 5.41) is 10.4. The van der Waals surface area contributed by atoms with Crippen molar-refractivity contribution in [1.82, 2.24) is 15.3 Å². The van der Waals surface area contributed by atoms with E-state index in [2.05, 4.69) is 49.3 Å². The topological polar surface area (TPSA) is 127 Å². The Kier molecular flexibility index (Phi) is 11.9. The van der Waals surface area contributed by atoms with E-state index >= 15 is 0 Å². The quantitative estimate of drug-likeness (QED) is 0.239. The Morgan fingerprint density at radius 2 is 1.81 bits per heavy atom. The molecule has 10 heteroatoms. The summed E-state index contributed by atoms with van der Waals surface area (Å²) in [6, 6.07) is 10.6. The van der Waals surface area contributed by atoms with E-state index in [-0.39, 0.29) is 25.2 Å². The lowest BCUT2D eigenvalue weighted by Gasteiger charge is -2.35. The Morgan fingerprint density at radius 1 is 1.06 bits per heavy atom. The third kappa shape index (κ3) is 9.12. The van der Waals surface area contributed by atoms with E-state index in [9.17, 15) is 9.59 Å². The average molecular weight is 649 g/mol. The van der Waals surface area contributed by atoms with Gasteiger partial charge in [-0.3, -0.25) is 9.69 Å². The molecule has 6 rings (SSSR count). The molecule has 3 heterocycles. The molecule has 2 aromatic heterocycles. The summed E-state index contributed by atoms with van der Waals surface area (Å²) in [4.78, 5) is 35.2. The van der Waals surface area contributed by atoms with Gasteiger partial charge < -0.3 is 24.3 Å². The number of pyridine rings is 1. The molecule has 0 unspecified atom stereocenters. The molecule has 10 nitrogen and oxygen atoms in total. The van der Waals surface area contributed by atoms with Crippen molar-refractivity contribution in [2.45, 2.75) is 96.4 Å². The highest BCUT2D eigenvalue weighted by Gasteiger charge is 2.32. The molecule has 47 heavy (non-hydrogen) atoms. The molecule has 0 spiro atoms. The number of carbonyl (C=O) groups excluding carboxylic acids is 1. The van der Waals surface area contributed by atoms with E-state index in [1.165, 1.54) is 17.5 Å². The standard InChI is InChI=1S/C33H43N3O3.C4H7NO3.H2/c1-22(2)32-35-29(21-39-32)28-16-17-34-31(19-28)36(33(37)26-8-6-5-7-9-26)20-24-10-12-25(13-11-24)27-14-15-30(38-4)23(3)18-27;6-4(7)5-3-1-8-2-3;/h14-19,21-22,24-26H,5-13,20H2,1-4H3;3,5H,1-2H2,(H,6,7);1H. The molecule has 0 radical (unpaired) electrons. The smallest absolute Gasteiger partial charge is 0.405 e. The maximum atomic E-state index is 13.9. The van der Waals surface area contributed by atoms with Crippen LogP contribution in [0.1, 0.15) is 102 Å². The number of nitrogens with zero attached hydrogens (tertiary/aromatic N) is 3. The molecular formula is C37H52N4O6. The van der Waals surface area contributed by atoms with Crippen LogP contribution in [-0.4, -0.2) is 60.0 Å². The van der Waals surface area contributed by atoms with Gasteiger partial charge in [0, 0.05) is 31.6 Å². The van der Waals surface area contributed by atoms with Gasteiger partial charge in [-0.15, -0.1) is 0 Å². The molecule has 1 aromatic carbocycles. The summed E-state index contributed by atoms with van der Waals surface area (Å²) in [5.41, 5.74) is 4.34. The zero-order chi connectivity index (χ0) is 33.3. The third-order valence-electron chi connectivity index (χ3n) is 9.70. The lowest BCUT2D eigenvalue weighted by atomic mass is 9.78. The molecule has 2 saturated carbocycles. The number of oxazole rings is 1. The number of ether oxygens (including phenoxy) is 2. The van der Waals surface area contributed by atoms with Crippen molar-refractivity contribution < 1.29 is 30.0 Å². The van der Waals surface area contributed by atoms with Crippen LogP contribution >= 0.6 is 0 Å². The van der Waals surface area contributed by atoms with Crippen molar-refractivity contribution >= 4 is 17.8 Å². The molecule has 2 aliphatic carbocycles. The van der Waals surface area contributed by atoms with Crippen LogP contribution in [0.15, 0.2) is 47.2 Å². The first kappa shape index (κ1) is 34.4. The number of aryl methyl sites for hydroxylation is 1. The number of carbonyl (C=O) groups is 2. The highest BCUT2D eigenvalue weighted by atomic mass is 16.5. The minimum absolute atomic E-state index is 0. The van der Waals surface area contributed by atoms with Crippen LogP contribution < -0.4 is 15.0 Å². The van der Waals surface area contributed by atoms with E-state index in [1.54, 1.807) is 19.6 Å². The summed E-state index contributed by atoms with van der Waals surface area (Å²) >= 11 is 0. The van der Waals surface area contributed by atoms with Crippen LogP contribution in [0.25, 0.3) is 11.3 Å². The summed E-state index contributed by atoms with van der Waals surface area (Å²) in [6.07, 6.45) is 12.5. The molecule has 3 fully saturated rings. The number of rotatable bonds is 9. The van der Waals surface area contributed by atoms with E-state index in [4.69, 9.17) is 24.0 Å². The predicted octanol–water partition coefficient (Wildman–Crippen LogP) is 7.96. The van der Waals surface area contributed by atoms with Gasteiger partial charge in [0.2, 0.25) is 5.91 Å². The maximum absolute atomic E-state index is 13.9. The SMILES string of the molecule is COc1ccc(C2CCC(CN(C(=O)C3CCCCC3)c3cc(-c4coc(C(C)C)n4)ccn3)CC2)cc1C.O=C(O)NC1COC1.[HH]. The second kappa shape index (κ2) is 16.3. The Labute approximate surface area is 279 Å². The predicted molar refractivity (Wildman–Crippen MR) is 183 cm³/mol. The molecule has 3 aromatic rings. The molecule has 1 aliphatic heterocycles.